The molecule has 0 saturated carbocycles. The van der Waals surface area contributed by atoms with Crippen molar-refractivity contribution in [3.63, 3.8) is 0 Å². The van der Waals surface area contributed by atoms with E-state index in [2.05, 4.69) is 5.32 Å². The van der Waals surface area contributed by atoms with Crippen LogP contribution in [0.1, 0.15) is 22.8 Å². The second-order valence-electron chi connectivity index (χ2n) is 5.12. The third kappa shape index (κ3) is 4.63. The van der Waals surface area contributed by atoms with Gasteiger partial charge in [-0.15, -0.1) is 0 Å². The van der Waals surface area contributed by atoms with Gasteiger partial charge >= 0.3 is 5.97 Å². The van der Waals surface area contributed by atoms with Crippen molar-refractivity contribution in [3.8, 4) is 0 Å². The Morgan fingerprint density at radius 1 is 1.04 bits per heavy atom. The fourth-order valence-corrected chi connectivity index (χ4v) is 2.34. The molecule has 0 saturated heterocycles. The Morgan fingerprint density at radius 2 is 1.75 bits per heavy atom. The molecule has 0 aromatic heterocycles. The molecular weight excluding hydrogens is 373 g/mol. The van der Waals surface area contributed by atoms with Gasteiger partial charge in [-0.3, -0.25) is 4.79 Å². The van der Waals surface area contributed by atoms with Crippen LogP contribution in [0.15, 0.2) is 36.4 Å². The number of aryl methyl sites for hydroxylation is 1. The number of carbonyl (C=O) groups is 2. The monoisotopic (exact) mass is 385 g/mol. The number of rotatable bonds is 4. The first-order valence-electron chi connectivity index (χ1n) is 7.01. The Bertz CT molecular complexity index is 793. The zero-order chi connectivity index (χ0) is 17.9. The maximum absolute atomic E-state index is 12.2. The lowest BCUT2D eigenvalue weighted by atomic mass is 10.2. The van der Waals surface area contributed by atoms with Gasteiger partial charge in [0.25, 0.3) is 5.91 Å². The molecule has 4 nitrogen and oxygen atoms in total. The van der Waals surface area contributed by atoms with E-state index in [9.17, 15) is 9.59 Å². The molecule has 24 heavy (non-hydrogen) atoms. The number of hydrogen-bond donors (Lipinski definition) is 1. The zero-order valence-corrected chi connectivity index (χ0v) is 15.2. The third-order valence-corrected chi connectivity index (χ3v) is 4.24. The molecular formula is C17H14Cl3NO3. The first-order valence-corrected chi connectivity index (χ1v) is 8.14. The first-order chi connectivity index (χ1) is 11.3. The Kier molecular flexibility index (Phi) is 6.10. The van der Waals surface area contributed by atoms with Crippen molar-refractivity contribution in [1.82, 2.24) is 0 Å². The van der Waals surface area contributed by atoms with Crippen molar-refractivity contribution in [2.45, 2.75) is 20.0 Å². The summed E-state index contributed by atoms with van der Waals surface area (Å²) in [5.41, 5.74) is 1.61. The topological polar surface area (TPSA) is 55.4 Å². The summed E-state index contributed by atoms with van der Waals surface area (Å²) in [6.07, 6.45) is -0.995. The van der Waals surface area contributed by atoms with Crippen molar-refractivity contribution in [2.24, 2.45) is 0 Å². The highest BCUT2D eigenvalue weighted by atomic mass is 35.5. The number of benzene rings is 2. The van der Waals surface area contributed by atoms with Crippen LogP contribution in [-0.2, 0) is 9.53 Å². The molecule has 0 aliphatic rings. The molecule has 2 rings (SSSR count). The molecule has 1 N–H and O–H groups in total. The van der Waals surface area contributed by atoms with Crippen LogP contribution < -0.4 is 5.32 Å². The van der Waals surface area contributed by atoms with Crippen LogP contribution in [0.2, 0.25) is 15.1 Å². The summed E-state index contributed by atoms with van der Waals surface area (Å²) in [5.74, 6) is -1.13. The minimum absolute atomic E-state index is 0.211. The smallest absolute Gasteiger partial charge is 0.338 e. The molecule has 2 aromatic rings. The number of nitrogens with one attached hydrogen (secondary N) is 1. The summed E-state index contributed by atoms with van der Waals surface area (Å²) in [6, 6.07) is 9.48. The van der Waals surface area contributed by atoms with Crippen molar-refractivity contribution in [2.75, 3.05) is 5.32 Å². The van der Waals surface area contributed by atoms with Gasteiger partial charge in [0, 0.05) is 10.7 Å². The molecule has 0 aliphatic heterocycles. The van der Waals surface area contributed by atoms with E-state index in [1.165, 1.54) is 25.1 Å². The fourth-order valence-electron chi connectivity index (χ4n) is 1.87. The van der Waals surface area contributed by atoms with Crippen LogP contribution in [0.25, 0.3) is 0 Å². The zero-order valence-electron chi connectivity index (χ0n) is 12.9. The summed E-state index contributed by atoms with van der Waals surface area (Å²) >= 11 is 17.6. The van der Waals surface area contributed by atoms with Crippen molar-refractivity contribution >= 4 is 52.4 Å². The molecule has 0 unspecified atom stereocenters. The predicted molar refractivity (Wildman–Crippen MR) is 96.2 cm³/mol. The van der Waals surface area contributed by atoms with Gasteiger partial charge < -0.3 is 10.1 Å². The van der Waals surface area contributed by atoms with Gasteiger partial charge in [0.1, 0.15) is 0 Å². The number of anilines is 1. The maximum Gasteiger partial charge on any atom is 0.338 e. The second kappa shape index (κ2) is 7.88. The Hall–Kier alpha value is -1.75. The SMILES string of the molecule is Cc1ccc(Cl)cc1NC(=O)[C@@H](C)OC(=O)c1ccc(Cl)c(Cl)c1. The normalized spacial score (nSPS) is 11.7. The number of ether oxygens (including phenoxy) is 1. The van der Waals surface area contributed by atoms with Crippen LogP contribution in [0.4, 0.5) is 5.69 Å². The summed E-state index contributed by atoms with van der Waals surface area (Å²) in [6.45, 7) is 3.31. The quantitative estimate of drug-likeness (QED) is 0.740. The minimum atomic E-state index is -0.995. The van der Waals surface area contributed by atoms with E-state index in [4.69, 9.17) is 39.5 Å². The molecule has 1 amide bonds. The number of esters is 1. The molecule has 126 valence electrons. The molecule has 0 aliphatic carbocycles. The molecule has 2 aromatic carbocycles. The van der Waals surface area contributed by atoms with Crippen LogP contribution in [0.5, 0.6) is 0 Å². The van der Waals surface area contributed by atoms with E-state index in [-0.39, 0.29) is 10.6 Å². The molecule has 0 spiro atoms. The van der Waals surface area contributed by atoms with Crippen molar-refractivity contribution in [1.29, 1.82) is 0 Å². The van der Waals surface area contributed by atoms with Gasteiger partial charge in [0.05, 0.1) is 15.6 Å². The fraction of sp³-hybridized carbons (Fsp3) is 0.176. The van der Waals surface area contributed by atoms with Crippen molar-refractivity contribution < 1.29 is 14.3 Å². The van der Waals surface area contributed by atoms with E-state index in [0.717, 1.165) is 5.56 Å². The molecule has 7 heteroatoms. The minimum Gasteiger partial charge on any atom is -0.449 e. The third-order valence-electron chi connectivity index (χ3n) is 3.27. The van der Waals surface area contributed by atoms with E-state index in [0.29, 0.717) is 15.7 Å². The highest BCUT2D eigenvalue weighted by Crippen LogP contribution is 2.23. The van der Waals surface area contributed by atoms with Gasteiger partial charge in [-0.05, 0) is 49.7 Å². The summed E-state index contributed by atoms with van der Waals surface area (Å²) in [4.78, 5) is 24.3. The molecule has 0 bridgehead atoms. The van der Waals surface area contributed by atoms with E-state index >= 15 is 0 Å². The Morgan fingerprint density at radius 3 is 2.42 bits per heavy atom. The van der Waals surface area contributed by atoms with Gasteiger partial charge in [-0.2, -0.15) is 0 Å². The number of amides is 1. The number of hydrogen-bond acceptors (Lipinski definition) is 3. The van der Waals surface area contributed by atoms with Crippen LogP contribution in [0, 0.1) is 6.92 Å². The van der Waals surface area contributed by atoms with Gasteiger partial charge in [0.15, 0.2) is 6.10 Å². The van der Waals surface area contributed by atoms with Gasteiger partial charge in [0.2, 0.25) is 0 Å². The lowest BCUT2D eigenvalue weighted by molar-refractivity contribution is -0.123. The average molecular weight is 387 g/mol. The van der Waals surface area contributed by atoms with Crippen molar-refractivity contribution in [3.05, 3.63) is 62.6 Å². The van der Waals surface area contributed by atoms with E-state index in [1.807, 2.05) is 6.92 Å². The largest absolute Gasteiger partial charge is 0.449 e. The lowest BCUT2D eigenvalue weighted by Gasteiger charge is -2.15. The average Bonchev–Trinajstić information content (AvgIpc) is 2.53. The van der Waals surface area contributed by atoms with Gasteiger partial charge in [-0.1, -0.05) is 40.9 Å². The van der Waals surface area contributed by atoms with Crippen LogP contribution in [0.3, 0.4) is 0 Å². The predicted octanol–water partition coefficient (Wildman–Crippen LogP) is 5.14. The standard InChI is InChI=1S/C17H14Cl3NO3/c1-9-3-5-12(18)8-15(9)21-16(22)10(2)24-17(23)11-4-6-13(19)14(20)7-11/h3-8,10H,1-2H3,(H,21,22)/t10-/m1/s1. The van der Waals surface area contributed by atoms with Gasteiger partial charge in [-0.25, -0.2) is 4.79 Å². The highest BCUT2D eigenvalue weighted by molar-refractivity contribution is 6.42. The summed E-state index contributed by atoms with van der Waals surface area (Å²) in [7, 11) is 0. The van der Waals surface area contributed by atoms with Crippen LogP contribution in [-0.4, -0.2) is 18.0 Å². The molecule has 0 radical (unpaired) electrons. The molecule has 1 atom stereocenters. The summed E-state index contributed by atoms with van der Waals surface area (Å²) < 4.78 is 5.15. The molecule has 0 heterocycles. The first kappa shape index (κ1) is 18.6. The number of carbonyl (C=O) groups excluding carboxylic acids is 2. The van der Waals surface area contributed by atoms with E-state index in [1.54, 1.807) is 18.2 Å². The maximum atomic E-state index is 12.2. The van der Waals surface area contributed by atoms with E-state index < -0.39 is 18.0 Å². The Balaban J connectivity index is 2.04. The summed E-state index contributed by atoms with van der Waals surface area (Å²) in [5, 5.41) is 3.74. The lowest BCUT2D eigenvalue weighted by Crippen LogP contribution is -2.30. The highest BCUT2D eigenvalue weighted by Gasteiger charge is 2.20. The van der Waals surface area contributed by atoms with Crippen LogP contribution >= 0.6 is 34.8 Å². The Labute approximate surface area is 154 Å². The second-order valence-corrected chi connectivity index (χ2v) is 6.38. The number of halogens is 3. The molecule has 0 fully saturated rings.